The minimum absolute atomic E-state index is 0.0167. The lowest BCUT2D eigenvalue weighted by atomic mass is 10.1. The van der Waals surface area contributed by atoms with Crippen LogP contribution in [-0.2, 0) is 25.0 Å². The molecule has 0 spiro atoms. The van der Waals surface area contributed by atoms with E-state index >= 15 is 0 Å². The van der Waals surface area contributed by atoms with Gasteiger partial charge in [0.05, 0.1) is 19.3 Å². The van der Waals surface area contributed by atoms with Gasteiger partial charge in [0.25, 0.3) is 0 Å². The first-order valence-corrected chi connectivity index (χ1v) is 16.4. The van der Waals surface area contributed by atoms with Gasteiger partial charge in [-0.15, -0.1) is 0 Å². The van der Waals surface area contributed by atoms with E-state index in [4.69, 9.17) is 9.26 Å². The minimum Gasteiger partial charge on any atom is -0.457 e. The molecule has 0 heterocycles. The summed E-state index contributed by atoms with van der Waals surface area (Å²) >= 11 is 2.02. The van der Waals surface area contributed by atoms with Gasteiger partial charge in [-0.05, 0) is 57.3 Å². The van der Waals surface area contributed by atoms with E-state index in [1.165, 1.54) is 63.4 Å². The highest BCUT2D eigenvalue weighted by Crippen LogP contribution is 2.44. The zero-order chi connectivity index (χ0) is 26.5. The quantitative estimate of drug-likeness (QED) is 0.109. The number of ether oxygens (including phenoxy) is 2. The summed E-state index contributed by atoms with van der Waals surface area (Å²) in [6.45, 7) is 6.39. The number of carbonyl (C=O) groups is 1. The zero-order valence-electron chi connectivity index (χ0n) is 22.7. The topological polar surface area (TPSA) is 82.1 Å². The fourth-order valence-corrected chi connectivity index (χ4v) is 6.08. The molecule has 0 saturated heterocycles. The van der Waals surface area contributed by atoms with Gasteiger partial charge in [0, 0.05) is 11.9 Å². The van der Waals surface area contributed by atoms with Crippen LogP contribution in [-0.4, -0.2) is 47.5 Å². The molecule has 0 radical (unpaired) electrons. The van der Waals surface area contributed by atoms with E-state index in [9.17, 15) is 14.3 Å². The normalized spacial score (nSPS) is 14.8. The first-order chi connectivity index (χ1) is 17.4. The van der Waals surface area contributed by atoms with Crippen molar-refractivity contribution in [3.63, 3.8) is 0 Å². The van der Waals surface area contributed by atoms with E-state index in [1.807, 2.05) is 11.8 Å². The fourth-order valence-electron chi connectivity index (χ4n) is 3.95. The molecule has 1 N–H and O–H groups in total. The summed E-state index contributed by atoms with van der Waals surface area (Å²) in [6.07, 6.45) is 14.2. The molecule has 3 unspecified atom stereocenters. The summed E-state index contributed by atoms with van der Waals surface area (Å²) in [5.41, 5.74) is 0.230. The van der Waals surface area contributed by atoms with Crippen molar-refractivity contribution >= 4 is 25.1 Å². The highest BCUT2D eigenvalue weighted by Gasteiger charge is 2.32. The van der Waals surface area contributed by atoms with Crippen LogP contribution in [0.4, 0.5) is 4.79 Å². The number of carbonyl (C=O) groups excluding carboxylic acids is 1. The molecule has 8 heteroatoms. The Morgan fingerprint density at radius 2 is 1.64 bits per heavy atom. The third-order valence-electron chi connectivity index (χ3n) is 6.08. The molecule has 1 aromatic rings. The second kappa shape index (κ2) is 21.1. The van der Waals surface area contributed by atoms with Gasteiger partial charge >= 0.3 is 13.3 Å². The molecule has 0 saturated carbocycles. The molecule has 208 valence electrons. The molecule has 0 aliphatic rings. The molecule has 0 aliphatic carbocycles. The van der Waals surface area contributed by atoms with Crippen molar-refractivity contribution in [2.24, 2.45) is 0 Å². The van der Waals surface area contributed by atoms with Crippen molar-refractivity contribution in [3.05, 3.63) is 35.9 Å². The minimum atomic E-state index is -4.37. The number of unbranched alkanes of at least 4 members (excludes halogenated alkanes) is 7. The summed E-state index contributed by atoms with van der Waals surface area (Å²) in [5.74, 6) is 1.15. The lowest BCUT2D eigenvalue weighted by molar-refractivity contribution is 0.0535. The monoisotopic (exact) mass is 544 g/mol. The van der Waals surface area contributed by atoms with Crippen LogP contribution in [0.5, 0.6) is 0 Å². The highest BCUT2D eigenvalue weighted by molar-refractivity contribution is 7.99. The van der Waals surface area contributed by atoms with Gasteiger partial charge < -0.3 is 18.9 Å². The molecule has 6 nitrogen and oxygen atoms in total. The average Bonchev–Trinajstić information content (AvgIpc) is 2.87. The number of hydrogen-bond acceptors (Lipinski definition) is 6. The molecule has 0 fully saturated rings. The van der Waals surface area contributed by atoms with Crippen molar-refractivity contribution in [1.29, 1.82) is 0 Å². The first kappa shape index (κ1) is 33.2. The van der Waals surface area contributed by atoms with Gasteiger partial charge in [0.2, 0.25) is 0 Å². The van der Waals surface area contributed by atoms with E-state index in [-0.39, 0.29) is 19.3 Å². The smallest absolute Gasteiger partial charge is 0.435 e. The van der Waals surface area contributed by atoms with Crippen molar-refractivity contribution < 1.29 is 28.3 Å². The zero-order valence-corrected chi connectivity index (χ0v) is 24.4. The molecule has 0 bridgehead atoms. The Labute approximate surface area is 223 Å². The van der Waals surface area contributed by atoms with Crippen LogP contribution in [0.1, 0.15) is 97.0 Å². The predicted molar refractivity (Wildman–Crippen MR) is 151 cm³/mol. The van der Waals surface area contributed by atoms with Gasteiger partial charge in [0.15, 0.2) is 0 Å². The summed E-state index contributed by atoms with van der Waals surface area (Å²) in [6, 6.07) is 10.7. The number of hydrogen-bond donors (Lipinski definition) is 1. The maximum atomic E-state index is 11.8. The van der Waals surface area contributed by atoms with Crippen LogP contribution < -0.4 is 0 Å². The molecule has 1 aromatic carbocycles. The van der Waals surface area contributed by atoms with Crippen LogP contribution in [0, 0.1) is 0 Å². The van der Waals surface area contributed by atoms with Crippen molar-refractivity contribution in [1.82, 2.24) is 0 Å². The third kappa shape index (κ3) is 16.1. The molecule has 1 rings (SSSR count). The Bertz CT molecular complexity index is 717. The van der Waals surface area contributed by atoms with Crippen molar-refractivity contribution in [2.45, 2.75) is 109 Å². The second-order valence-corrected chi connectivity index (χ2v) is 12.3. The lowest BCUT2D eigenvalue weighted by Crippen LogP contribution is -2.25. The Balaban J connectivity index is 2.29. The molecular formula is C28H49O6PS. The van der Waals surface area contributed by atoms with Crippen LogP contribution in [0.25, 0.3) is 0 Å². The van der Waals surface area contributed by atoms with E-state index < -0.39 is 13.3 Å². The summed E-state index contributed by atoms with van der Waals surface area (Å²) < 4.78 is 27.3. The van der Waals surface area contributed by atoms with Crippen molar-refractivity contribution in [3.8, 4) is 0 Å². The summed E-state index contributed by atoms with van der Waals surface area (Å²) in [7, 11) is -4.37. The van der Waals surface area contributed by atoms with Crippen molar-refractivity contribution in [2.75, 3.05) is 25.6 Å². The van der Waals surface area contributed by atoms with E-state index in [0.717, 1.165) is 18.6 Å². The van der Waals surface area contributed by atoms with Crippen LogP contribution >= 0.6 is 19.4 Å². The van der Waals surface area contributed by atoms with Gasteiger partial charge in [-0.3, -0.25) is 0 Å². The number of thioether (sulfide) groups is 1. The molecular weight excluding hydrogens is 495 g/mol. The standard InChI is InChI=1S/C28H49O6PS/c1-4-6-7-8-15-21-27(36-24-16-10-9-12-18-26-19-13-11-14-20-26)25(3)33-22-17-23-34-35(30,31)28(29)32-5-2/h11,13-14,19-20,25,27H,4-10,12,15-18,21-24H2,1-3H3,(H,30,31). The fraction of sp³-hybridized carbons (Fsp3) is 0.750. The Kier molecular flexibility index (Phi) is 19.5. The van der Waals surface area contributed by atoms with E-state index in [0.29, 0.717) is 18.3 Å². The maximum Gasteiger partial charge on any atom is 0.435 e. The Morgan fingerprint density at radius 1 is 0.944 bits per heavy atom. The second-order valence-electron chi connectivity index (χ2n) is 9.24. The Hall–Kier alpha value is -0.850. The van der Waals surface area contributed by atoms with E-state index in [1.54, 1.807) is 6.92 Å². The summed E-state index contributed by atoms with van der Waals surface area (Å²) in [4.78, 5) is 21.1. The Morgan fingerprint density at radius 3 is 2.36 bits per heavy atom. The first-order valence-electron chi connectivity index (χ1n) is 13.8. The summed E-state index contributed by atoms with van der Waals surface area (Å²) in [5, 5.41) is 0.445. The molecule has 0 amide bonds. The van der Waals surface area contributed by atoms with Gasteiger partial charge in [-0.1, -0.05) is 82.2 Å². The van der Waals surface area contributed by atoms with E-state index in [2.05, 4.69) is 48.9 Å². The average molecular weight is 545 g/mol. The van der Waals surface area contributed by atoms with Crippen LogP contribution in [0.2, 0.25) is 0 Å². The van der Waals surface area contributed by atoms with Gasteiger partial charge in [-0.25, -0.2) is 9.36 Å². The molecule has 0 aromatic heterocycles. The molecule has 3 atom stereocenters. The number of rotatable bonds is 23. The number of aryl methyl sites for hydroxylation is 1. The molecule has 0 aliphatic heterocycles. The van der Waals surface area contributed by atoms with Crippen LogP contribution in [0.15, 0.2) is 30.3 Å². The highest BCUT2D eigenvalue weighted by atomic mass is 32.2. The van der Waals surface area contributed by atoms with Gasteiger partial charge in [-0.2, -0.15) is 11.8 Å². The lowest BCUT2D eigenvalue weighted by Gasteiger charge is -2.24. The maximum absolute atomic E-state index is 11.8. The largest absolute Gasteiger partial charge is 0.457 e. The third-order valence-corrected chi connectivity index (χ3v) is 8.78. The SMILES string of the molecule is CCCCCCCC(SCCCCCCc1ccccc1)C(C)OCCCOP(=O)(O)C(=O)OCC. The van der Waals surface area contributed by atoms with Crippen LogP contribution in [0.3, 0.4) is 0 Å². The van der Waals surface area contributed by atoms with Gasteiger partial charge in [0.1, 0.15) is 0 Å². The predicted octanol–water partition coefficient (Wildman–Crippen LogP) is 8.41. The molecule has 36 heavy (non-hydrogen) atoms. The number of benzene rings is 1.